The molecule has 0 radical (unpaired) electrons. The minimum Gasteiger partial charge on any atom is -0.409 e. The summed E-state index contributed by atoms with van der Waals surface area (Å²) in [6.45, 7) is 1.68. The van der Waals surface area contributed by atoms with Gasteiger partial charge in [0.15, 0.2) is 5.75 Å². The zero-order valence-electron chi connectivity index (χ0n) is 14.6. The highest BCUT2D eigenvalue weighted by atomic mass is 16.6. The summed E-state index contributed by atoms with van der Waals surface area (Å²) in [5.74, 6) is 0.452. The van der Waals surface area contributed by atoms with Crippen LogP contribution < -0.4 is 10.1 Å². The van der Waals surface area contributed by atoms with E-state index in [1.807, 2.05) is 18.2 Å². The van der Waals surface area contributed by atoms with Crippen LogP contribution in [-0.4, -0.2) is 41.5 Å². The molecule has 2 amide bonds. The van der Waals surface area contributed by atoms with Crippen LogP contribution in [0.3, 0.4) is 0 Å². The number of nitrogens with one attached hydrogen (secondary N) is 1. The Labute approximate surface area is 153 Å². The average molecular weight is 353 g/mol. The molecule has 1 aromatic heterocycles. The van der Waals surface area contributed by atoms with E-state index in [1.165, 1.54) is 11.8 Å². The number of piperidine rings is 1. The highest BCUT2D eigenvalue weighted by Gasteiger charge is 2.28. The van der Waals surface area contributed by atoms with E-state index in [1.54, 1.807) is 23.2 Å². The molecule has 1 aliphatic heterocycles. The molecule has 1 fully saturated rings. The van der Waals surface area contributed by atoms with E-state index in [2.05, 4.69) is 22.4 Å². The first-order valence-electron chi connectivity index (χ1n) is 8.91. The Hall–Kier alpha value is -2.89. The van der Waals surface area contributed by atoms with Gasteiger partial charge in [-0.3, -0.25) is 9.78 Å². The molecular formula is C20H23N3O3. The minimum absolute atomic E-state index is 0.0479. The van der Waals surface area contributed by atoms with E-state index in [9.17, 15) is 9.59 Å². The fourth-order valence-electron chi connectivity index (χ4n) is 3.02. The molecule has 1 saturated heterocycles. The van der Waals surface area contributed by atoms with Gasteiger partial charge in [0.2, 0.25) is 5.91 Å². The number of nitrogens with zero attached hydrogens (tertiary/aromatic N) is 2. The van der Waals surface area contributed by atoms with E-state index in [0.29, 0.717) is 38.2 Å². The summed E-state index contributed by atoms with van der Waals surface area (Å²) in [7, 11) is 0. The van der Waals surface area contributed by atoms with Crippen LogP contribution in [0.1, 0.15) is 18.4 Å². The monoisotopic (exact) mass is 353 g/mol. The van der Waals surface area contributed by atoms with Crippen molar-refractivity contribution in [1.82, 2.24) is 15.2 Å². The Morgan fingerprint density at radius 1 is 1.12 bits per heavy atom. The lowest BCUT2D eigenvalue weighted by molar-refractivity contribution is -0.126. The number of carbonyl (C=O) groups excluding carboxylic acids is 2. The number of ether oxygens (including phenoxy) is 1. The van der Waals surface area contributed by atoms with Crippen molar-refractivity contribution in [1.29, 1.82) is 0 Å². The third-order valence-corrected chi connectivity index (χ3v) is 4.52. The van der Waals surface area contributed by atoms with Gasteiger partial charge in [0.1, 0.15) is 0 Å². The standard InChI is InChI=1S/C20H23N3O3/c24-19(22-12-8-16-5-2-1-3-6-16)17-9-13-23(14-10-17)20(25)26-18-7-4-11-21-15-18/h1-7,11,15,17H,8-10,12-14H2,(H,22,24). The molecule has 1 N–H and O–H groups in total. The van der Waals surface area contributed by atoms with E-state index < -0.39 is 0 Å². The molecule has 2 heterocycles. The van der Waals surface area contributed by atoms with Gasteiger partial charge in [-0.2, -0.15) is 0 Å². The van der Waals surface area contributed by atoms with Gasteiger partial charge in [-0.15, -0.1) is 0 Å². The molecule has 6 nitrogen and oxygen atoms in total. The fraction of sp³-hybridized carbons (Fsp3) is 0.350. The van der Waals surface area contributed by atoms with Gasteiger partial charge in [0, 0.05) is 31.7 Å². The normalized spacial score (nSPS) is 14.7. The summed E-state index contributed by atoms with van der Waals surface area (Å²) in [5, 5.41) is 3.00. The maximum atomic E-state index is 12.3. The molecule has 2 aromatic rings. The number of hydrogen-bond donors (Lipinski definition) is 1. The molecular weight excluding hydrogens is 330 g/mol. The molecule has 1 aromatic carbocycles. The zero-order chi connectivity index (χ0) is 18.2. The lowest BCUT2D eigenvalue weighted by atomic mass is 9.96. The second-order valence-electron chi connectivity index (χ2n) is 6.34. The van der Waals surface area contributed by atoms with Gasteiger partial charge in [-0.1, -0.05) is 30.3 Å². The number of hydrogen-bond acceptors (Lipinski definition) is 4. The number of amides is 2. The van der Waals surface area contributed by atoms with Crippen molar-refractivity contribution < 1.29 is 14.3 Å². The molecule has 0 saturated carbocycles. The predicted molar refractivity (Wildman–Crippen MR) is 97.7 cm³/mol. The minimum atomic E-state index is -0.388. The second kappa shape index (κ2) is 8.99. The Bertz CT molecular complexity index is 714. The maximum Gasteiger partial charge on any atom is 0.415 e. The smallest absolute Gasteiger partial charge is 0.409 e. The Balaban J connectivity index is 1.38. The van der Waals surface area contributed by atoms with Crippen molar-refractivity contribution in [3.05, 3.63) is 60.4 Å². The van der Waals surface area contributed by atoms with Crippen molar-refractivity contribution in [3.8, 4) is 5.75 Å². The number of aromatic nitrogens is 1. The molecule has 1 aliphatic rings. The lowest BCUT2D eigenvalue weighted by Crippen LogP contribution is -2.44. The molecule has 0 spiro atoms. The largest absolute Gasteiger partial charge is 0.415 e. The van der Waals surface area contributed by atoms with Crippen molar-refractivity contribution in [2.45, 2.75) is 19.3 Å². The van der Waals surface area contributed by atoms with Gasteiger partial charge in [-0.05, 0) is 37.0 Å². The van der Waals surface area contributed by atoms with Crippen LogP contribution >= 0.6 is 0 Å². The zero-order valence-corrected chi connectivity index (χ0v) is 14.6. The van der Waals surface area contributed by atoms with E-state index in [4.69, 9.17) is 4.74 Å². The molecule has 26 heavy (non-hydrogen) atoms. The van der Waals surface area contributed by atoms with Crippen LogP contribution in [0.25, 0.3) is 0 Å². The fourth-order valence-corrected chi connectivity index (χ4v) is 3.02. The molecule has 6 heteroatoms. The highest BCUT2D eigenvalue weighted by Crippen LogP contribution is 2.19. The van der Waals surface area contributed by atoms with Gasteiger partial charge >= 0.3 is 6.09 Å². The molecule has 0 unspecified atom stereocenters. The van der Waals surface area contributed by atoms with Crippen LogP contribution in [0, 0.1) is 5.92 Å². The van der Waals surface area contributed by atoms with Crippen LogP contribution in [-0.2, 0) is 11.2 Å². The third-order valence-electron chi connectivity index (χ3n) is 4.52. The predicted octanol–water partition coefficient (Wildman–Crippen LogP) is 2.65. The Kier molecular flexibility index (Phi) is 6.19. The summed E-state index contributed by atoms with van der Waals surface area (Å²) in [6, 6.07) is 13.5. The molecule has 0 bridgehead atoms. The SMILES string of the molecule is O=C(NCCc1ccccc1)C1CCN(C(=O)Oc2cccnc2)CC1. The van der Waals surface area contributed by atoms with Gasteiger partial charge in [0.05, 0.1) is 6.20 Å². The number of benzene rings is 1. The van der Waals surface area contributed by atoms with E-state index >= 15 is 0 Å². The number of rotatable bonds is 5. The topological polar surface area (TPSA) is 71.5 Å². The van der Waals surface area contributed by atoms with E-state index in [-0.39, 0.29) is 17.9 Å². The van der Waals surface area contributed by atoms with Crippen molar-refractivity contribution in [2.75, 3.05) is 19.6 Å². The van der Waals surface area contributed by atoms with Gasteiger partial charge in [-0.25, -0.2) is 4.79 Å². The Morgan fingerprint density at radius 3 is 2.58 bits per heavy atom. The van der Waals surface area contributed by atoms with Gasteiger partial charge < -0.3 is 15.0 Å². The average Bonchev–Trinajstić information content (AvgIpc) is 2.69. The summed E-state index contributed by atoms with van der Waals surface area (Å²) < 4.78 is 5.29. The lowest BCUT2D eigenvalue weighted by Gasteiger charge is -2.30. The first-order chi connectivity index (χ1) is 12.7. The Morgan fingerprint density at radius 2 is 1.88 bits per heavy atom. The molecule has 0 atom stereocenters. The second-order valence-corrected chi connectivity index (χ2v) is 6.34. The highest BCUT2D eigenvalue weighted by molar-refractivity contribution is 5.79. The van der Waals surface area contributed by atoms with Crippen molar-refractivity contribution in [2.24, 2.45) is 5.92 Å². The quantitative estimate of drug-likeness (QED) is 0.897. The summed E-state index contributed by atoms with van der Waals surface area (Å²) >= 11 is 0. The third kappa shape index (κ3) is 5.05. The number of pyridine rings is 1. The molecule has 0 aliphatic carbocycles. The summed E-state index contributed by atoms with van der Waals surface area (Å²) in [6.07, 6.45) is 4.87. The molecule has 136 valence electrons. The first kappa shape index (κ1) is 17.9. The summed E-state index contributed by atoms with van der Waals surface area (Å²) in [5.41, 5.74) is 1.21. The van der Waals surface area contributed by atoms with Crippen molar-refractivity contribution >= 4 is 12.0 Å². The van der Waals surface area contributed by atoms with Crippen LogP contribution in [0.15, 0.2) is 54.9 Å². The van der Waals surface area contributed by atoms with Crippen LogP contribution in [0.5, 0.6) is 5.75 Å². The van der Waals surface area contributed by atoms with Crippen LogP contribution in [0.2, 0.25) is 0 Å². The van der Waals surface area contributed by atoms with Crippen LogP contribution in [0.4, 0.5) is 4.79 Å². The summed E-state index contributed by atoms with van der Waals surface area (Å²) in [4.78, 5) is 30.0. The maximum absolute atomic E-state index is 12.3. The number of carbonyl (C=O) groups is 2. The number of likely N-dealkylation sites (tertiary alicyclic amines) is 1. The van der Waals surface area contributed by atoms with Gasteiger partial charge in [0.25, 0.3) is 0 Å². The van der Waals surface area contributed by atoms with E-state index in [0.717, 1.165) is 6.42 Å². The molecule has 3 rings (SSSR count). The first-order valence-corrected chi connectivity index (χ1v) is 8.91. The van der Waals surface area contributed by atoms with Crippen molar-refractivity contribution in [3.63, 3.8) is 0 Å².